The van der Waals surface area contributed by atoms with E-state index in [4.69, 9.17) is 10.5 Å². The van der Waals surface area contributed by atoms with Gasteiger partial charge in [0.05, 0.1) is 12.7 Å². The lowest BCUT2D eigenvalue weighted by molar-refractivity contribution is 0.0468. The molecular weight excluding hydrogens is 238 g/mol. The number of guanidine groups is 1. The van der Waals surface area contributed by atoms with Crippen LogP contribution in [-0.4, -0.2) is 31.8 Å². The summed E-state index contributed by atoms with van der Waals surface area (Å²) in [5, 5.41) is 3.14. The smallest absolute Gasteiger partial charge is 0.188 e. The van der Waals surface area contributed by atoms with E-state index in [2.05, 4.69) is 10.3 Å². The summed E-state index contributed by atoms with van der Waals surface area (Å²) in [5.74, 6) is 1.36. The quantitative estimate of drug-likeness (QED) is 0.336. The van der Waals surface area contributed by atoms with Crippen molar-refractivity contribution in [2.24, 2.45) is 16.6 Å². The third-order valence-corrected chi connectivity index (χ3v) is 4.31. The summed E-state index contributed by atoms with van der Waals surface area (Å²) in [7, 11) is 0. The van der Waals surface area contributed by atoms with Crippen molar-refractivity contribution in [1.29, 1.82) is 0 Å². The van der Waals surface area contributed by atoms with E-state index in [1.165, 1.54) is 57.8 Å². The molecule has 4 nitrogen and oxygen atoms in total. The van der Waals surface area contributed by atoms with Gasteiger partial charge in [0.25, 0.3) is 0 Å². The zero-order valence-electron chi connectivity index (χ0n) is 12.1. The number of nitrogens with zero attached hydrogens (tertiary/aromatic N) is 1. The number of hydrogen-bond acceptors (Lipinski definition) is 2. The van der Waals surface area contributed by atoms with Crippen LogP contribution in [0.5, 0.6) is 0 Å². The maximum absolute atomic E-state index is 5.90. The average Bonchev–Trinajstić information content (AvgIpc) is 2.61. The highest BCUT2D eigenvalue weighted by Crippen LogP contribution is 2.26. The molecule has 0 aromatic carbocycles. The molecule has 2 aliphatic rings. The molecule has 0 saturated heterocycles. The SMILES string of the molecule is NC(=NCC1CCC1)NCCOC1CCCCCC1. The first-order valence-electron chi connectivity index (χ1n) is 8.00. The second-order valence-electron chi connectivity index (χ2n) is 5.93. The van der Waals surface area contributed by atoms with Crippen LogP contribution in [-0.2, 0) is 4.74 Å². The fraction of sp³-hybridized carbons (Fsp3) is 0.933. The molecule has 3 N–H and O–H groups in total. The van der Waals surface area contributed by atoms with Gasteiger partial charge in [0.15, 0.2) is 5.96 Å². The maximum Gasteiger partial charge on any atom is 0.188 e. The second-order valence-corrected chi connectivity index (χ2v) is 5.93. The molecule has 19 heavy (non-hydrogen) atoms. The highest BCUT2D eigenvalue weighted by Gasteiger charge is 2.16. The van der Waals surface area contributed by atoms with Crippen molar-refractivity contribution in [3.8, 4) is 0 Å². The largest absolute Gasteiger partial charge is 0.376 e. The van der Waals surface area contributed by atoms with E-state index in [9.17, 15) is 0 Å². The van der Waals surface area contributed by atoms with Crippen LogP contribution < -0.4 is 11.1 Å². The Bertz CT molecular complexity index is 269. The van der Waals surface area contributed by atoms with Gasteiger partial charge in [-0.05, 0) is 31.6 Å². The third kappa shape index (κ3) is 5.81. The Kier molecular flexibility index (Phi) is 6.48. The summed E-state index contributed by atoms with van der Waals surface area (Å²) in [4.78, 5) is 4.37. The molecule has 110 valence electrons. The van der Waals surface area contributed by atoms with Crippen LogP contribution >= 0.6 is 0 Å². The molecule has 0 atom stereocenters. The average molecular weight is 267 g/mol. The van der Waals surface area contributed by atoms with Crippen molar-refractivity contribution in [2.45, 2.75) is 63.9 Å². The molecule has 0 bridgehead atoms. The van der Waals surface area contributed by atoms with Gasteiger partial charge >= 0.3 is 0 Å². The van der Waals surface area contributed by atoms with Gasteiger partial charge in [-0.3, -0.25) is 4.99 Å². The summed E-state index contributed by atoms with van der Waals surface area (Å²) >= 11 is 0. The Labute approximate surface area is 117 Å². The molecule has 0 aromatic rings. The fourth-order valence-electron chi connectivity index (χ4n) is 2.77. The van der Waals surface area contributed by atoms with E-state index in [0.29, 0.717) is 12.1 Å². The lowest BCUT2D eigenvalue weighted by Crippen LogP contribution is -2.35. The van der Waals surface area contributed by atoms with Crippen LogP contribution in [0, 0.1) is 5.92 Å². The normalized spacial score (nSPS) is 22.8. The monoisotopic (exact) mass is 267 g/mol. The zero-order chi connectivity index (χ0) is 13.3. The number of rotatable bonds is 6. The minimum absolute atomic E-state index is 0.470. The molecule has 0 aromatic heterocycles. The lowest BCUT2D eigenvalue weighted by Gasteiger charge is -2.23. The molecule has 0 heterocycles. The van der Waals surface area contributed by atoms with E-state index in [1.54, 1.807) is 0 Å². The molecule has 0 spiro atoms. The predicted octanol–water partition coefficient (Wildman–Crippen LogP) is 2.43. The van der Waals surface area contributed by atoms with Crippen LogP contribution in [0.2, 0.25) is 0 Å². The molecule has 2 rings (SSSR count). The van der Waals surface area contributed by atoms with E-state index in [-0.39, 0.29) is 0 Å². The van der Waals surface area contributed by atoms with Crippen LogP contribution in [0.3, 0.4) is 0 Å². The van der Waals surface area contributed by atoms with Crippen molar-refractivity contribution in [3.63, 3.8) is 0 Å². The van der Waals surface area contributed by atoms with Gasteiger partial charge in [-0.2, -0.15) is 0 Å². The Hall–Kier alpha value is -0.770. The van der Waals surface area contributed by atoms with Gasteiger partial charge in [-0.15, -0.1) is 0 Å². The number of aliphatic imine (C=N–C) groups is 1. The van der Waals surface area contributed by atoms with E-state index in [1.807, 2.05) is 0 Å². The summed E-state index contributed by atoms with van der Waals surface area (Å²) in [6, 6.07) is 0. The third-order valence-electron chi connectivity index (χ3n) is 4.31. The molecule has 4 heteroatoms. The first kappa shape index (κ1) is 14.6. The van der Waals surface area contributed by atoms with E-state index in [0.717, 1.165) is 25.6 Å². The Morgan fingerprint density at radius 2 is 1.79 bits per heavy atom. The number of hydrogen-bond donors (Lipinski definition) is 2. The summed E-state index contributed by atoms with van der Waals surface area (Å²) in [6.45, 7) is 2.41. The molecule has 2 saturated carbocycles. The number of ether oxygens (including phenoxy) is 1. The topological polar surface area (TPSA) is 59.6 Å². The van der Waals surface area contributed by atoms with E-state index >= 15 is 0 Å². The van der Waals surface area contributed by atoms with Gasteiger partial charge < -0.3 is 15.8 Å². The van der Waals surface area contributed by atoms with E-state index < -0.39 is 0 Å². The fourth-order valence-corrected chi connectivity index (χ4v) is 2.77. The minimum Gasteiger partial charge on any atom is -0.376 e. The molecule has 0 aliphatic heterocycles. The van der Waals surface area contributed by atoms with Gasteiger partial charge in [-0.1, -0.05) is 32.1 Å². The summed E-state index contributed by atoms with van der Waals surface area (Å²) in [5.41, 5.74) is 5.83. The maximum atomic E-state index is 5.90. The van der Waals surface area contributed by atoms with Crippen molar-refractivity contribution < 1.29 is 4.74 Å². The van der Waals surface area contributed by atoms with Crippen molar-refractivity contribution in [1.82, 2.24) is 5.32 Å². The van der Waals surface area contributed by atoms with Crippen molar-refractivity contribution >= 4 is 5.96 Å². The number of nitrogens with two attached hydrogens (primary N) is 1. The standard InChI is InChI=1S/C15H29N3O/c16-15(18-12-13-6-5-7-13)17-10-11-19-14-8-3-1-2-4-9-14/h13-14H,1-12H2,(H3,16,17,18). The van der Waals surface area contributed by atoms with Gasteiger partial charge in [0.1, 0.15) is 0 Å². The van der Waals surface area contributed by atoms with Gasteiger partial charge in [0, 0.05) is 13.1 Å². The number of nitrogens with one attached hydrogen (secondary N) is 1. The van der Waals surface area contributed by atoms with Crippen LogP contribution in [0.4, 0.5) is 0 Å². The zero-order valence-corrected chi connectivity index (χ0v) is 12.1. The molecular formula is C15H29N3O. The lowest BCUT2D eigenvalue weighted by atomic mass is 9.86. The van der Waals surface area contributed by atoms with Crippen molar-refractivity contribution in [3.05, 3.63) is 0 Å². The van der Waals surface area contributed by atoms with Crippen LogP contribution in [0.25, 0.3) is 0 Å². The first-order chi connectivity index (χ1) is 9.34. The minimum atomic E-state index is 0.470. The summed E-state index contributed by atoms with van der Waals surface area (Å²) in [6.07, 6.45) is 12.3. The molecule has 0 unspecified atom stereocenters. The Balaban J connectivity index is 1.50. The summed E-state index contributed by atoms with van der Waals surface area (Å²) < 4.78 is 5.90. The van der Waals surface area contributed by atoms with Crippen LogP contribution in [0.15, 0.2) is 4.99 Å². The first-order valence-corrected chi connectivity index (χ1v) is 8.00. The Morgan fingerprint density at radius 1 is 1.05 bits per heavy atom. The molecule has 2 aliphatic carbocycles. The van der Waals surface area contributed by atoms with Crippen LogP contribution in [0.1, 0.15) is 57.8 Å². The highest BCUT2D eigenvalue weighted by molar-refractivity contribution is 5.77. The predicted molar refractivity (Wildman–Crippen MR) is 79.3 cm³/mol. The highest BCUT2D eigenvalue weighted by atomic mass is 16.5. The Morgan fingerprint density at radius 3 is 2.42 bits per heavy atom. The van der Waals surface area contributed by atoms with Crippen molar-refractivity contribution in [2.75, 3.05) is 19.7 Å². The second kappa shape index (κ2) is 8.41. The van der Waals surface area contributed by atoms with Gasteiger partial charge in [-0.25, -0.2) is 0 Å². The van der Waals surface area contributed by atoms with Gasteiger partial charge in [0.2, 0.25) is 0 Å². The molecule has 0 amide bonds. The molecule has 2 fully saturated rings. The molecule has 0 radical (unpaired) electrons.